The van der Waals surface area contributed by atoms with Gasteiger partial charge in [0.2, 0.25) is 5.91 Å². The van der Waals surface area contributed by atoms with E-state index in [2.05, 4.69) is 5.32 Å². The number of amides is 1. The maximum atomic E-state index is 12.1. The summed E-state index contributed by atoms with van der Waals surface area (Å²) in [5, 5.41) is 3.43. The Kier molecular flexibility index (Phi) is 6.27. The number of hydrogen-bond donors (Lipinski definition) is 2. The van der Waals surface area contributed by atoms with Crippen LogP contribution in [0.1, 0.15) is 45.1 Å². The summed E-state index contributed by atoms with van der Waals surface area (Å²) in [5.74, 6) is 1.53. The number of primary amides is 1. The molecule has 0 bridgehead atoms. The molecule has 1 aliphatic rings. The number of ether oxygens (including phenoxy) is 1. The Morgan fingerprint density at radius 2 is 2.00 bits per heavy atom. The first-order valence-corrected chi connectivity index (χ1v) is 8.99. The first-order chi connectivity index (χ1) is 11.7. The van der Waals surface area contributed by atoms with E-state index in [1.54, 1.807) is 0 Å². The lowest BCUT2D eigenvalue weighted by atomic mass is 9.76. The molecule has 1 fully saturated rings. The maximum Gasteiger partial charge on any atom is 0.225 e. The van der Waals surface area contributed by atoms with Gasteiger partial charge < -0.3 is 20.7 Å². The van der Waals surface area contributed by atoms with Gasteiger partial charge in [0.25, 0.3) is 0 Å². The zero-order chi connectivity index (χ0) is 18.6. The number of aromatic nitrogens is 1. The number of rotatable bonds is 6. The fraction of sp³-hybridized carbons (Fsp3) is 0.684. The largest absolute Gasteiger partial charge is 0.381 e. The van der Waals surface area contributed by atoms with Crippen LogP contribution >= 0.6 is 0 Å². The van der Waals surface area contributed by atoms with Crippen molar-refractivity contribution in [2.24, 2.45) is 17.1 Å². The van der Waals surface area contributed by atoms with Gasteiger partial charge in [0.1, 0.15) is 11.6 Å². The molecule has 1 aromatic rings. The summed E-state index contributed by atoms with van der Waals surface area (Å²) >= 11 is 0. The summed E-state index contributed by atoms with van der Waals surface area (Å²) in [6.07, 6.45) is 2.17. The summed E-state index contributed by atoms with van der Waals surface area (Å²) in [4.78, 5) is 18.8. The third-order valence-corrected chi connectivity index (χ3v) is 4.70. The van der Waals surface area contributed by atoms with Crippen molar-refractivity contribution in [3.63, 3.8) is 0 Å². The number of pyridine rings is 1. The van der Waals surface area contributed by atoms with E-state index in [4.69, 9.17) is 15.5 Å². The summed E-state index contributed by atoms with van der Waals surface area (Å²) in [6, 6.07) is 3.93. The highest BCUT2D eigenvalue weighted by atomic mass is 16.5. The number of carbonyl (C=O) groups excluding carboxylic acids is 1. The quantitative estimate of drug-likeness (QED) is 0.826. The molecular formula is C19H32N4O2. The van der Waals surface area contributed by atoms with Crippen molar-refractivity contribution in [2.45, 2.75) is 39.5 Å². The third kappa shape index (κ3) is 5.08. The number of nitrogens with two attached hydrogens (primary N) is 1. The van der Waals surface area contributed by atoms with E-state index in [0.29, 0.717) is 5.92 Å². The number of hydrogen-bond acceptors (Lipinski definition) is 5. The van der Waals surface area contributed by atoms with Crippen LogP contribution in [-0.2, 0) is 9.53 Å². The molecule has 2 rings (SSSR count). The van der Waals surface area contributed by atoms with Crippen LogP contribution in [-0.4, -0.2) is 44.7 Å². The van der Waals surface area contributed by atoms with E-state index in [9.17, 15) is 4.79 Å². The molecule has 2 heterocycles. The molecular weight excluding hydrogens is 316 g/mol. The second kappa shape index (κ2) is 8.04. The van der Waals surface area contributed by atoms with Gasteiger partial charge in [0.15, 0.2) is 0 Å². The SMILES string of the molecule is CN(C)c1nc(NCC2CCOCC2)ccc1C(C(N)=O)C(C)(C)C. The van der Waals surface area contributed by atoms with Crippen LogP contribution in [0.5, 0.6) is 0 Å². The predicted molar refractivity (Wildman–Crippen MR) is 102 cm³/mol. The van der Waals surface area contributed by atoms with Crippen molar-refractivity contribution < 1.29 is 9.53 Å². The van der Waals surface area contributed by atoms with Crippen molar-refractivity contribution in [1.29, 1.82) is 0 Å². The standard InChI is InChI=1S/C19H32N4O2/c1-19(2,3)16(17(20)24)14-6-7-15(22-18(14)23(4)5)21-12-13-8-10-25-11-9-13/h6-7,13,16H,8-12H2,1-5H3,(H2,20,24)(H,21,22). The van der Waals surface area contributed by atoms with Crippen molar-refractivity contribution in [2.75, 3.05) is 44.1 Å². The molecule has 0 radical (unpaired) electrons. The Balaban J connectivity index is 2.23. The first kappa shape index (κ1) is 19.5. The Hall–Kier alpha value is -1.82. The van der Waals surface area contributed by atoms with Gasteiger partial charge in [-0.25, -0.2) is 4.98 Å². The fourth-order valence-electron chi connectivity index (χ4n) is 3.39. The Morgan fingerprint density at radius 3 is 2.52 bits per heavy atom. The van der Waals surface area contributed by atoms with E-state index in [0.717, 1.165) is 49.8 Å². The van der Waals surface area contributed by atoms with E-state index in [1.807, 2.05) is 51.9 Å². The third-order valence-electron chi connectivity index (χ3n) is 4.70. The van der Waals surface area contributed by atoms with E-state index in [-0.39, 0.29) is 17.2 Å². The molecule has 1 amide bonds. The van der Waals surface area contributed by atoms with Crippen molar-refractivity contribution in [1.82, 2.24) is 4.98 Å². The second-order valence-electron chi connectivity index (χ2n) is 8.14. The summed E-state index contributed by atoms with van der Waals surface area (Å²) in [6.45, 7) is 8.65. The minimum absolute atomic E-state index is 0.269. The molecule has 0 spiro atoms. The monoisotopic (exact) mass is 348 g/mol. The Bertz CT molecular complexity index is 590. The molecule has 1 saturated heterocycles. The van der Waals surface area contributed by atoms with Gasteiger partial charge in [-0.05, 0) is 30.2 Å². The average molecular weight is 348 g/mol. The highest BCUT2D eigenvalue weighted by molar-refractivity contribution is 5.84. The summed E-state index contributed by atoms with van der Waals surface area (Å²) < 4.78 is 5.40. The summed E-state index contributed by atoms with van der Waals surface area (Å²) in [5.41, 5.74) is 6.31. The average Bonchev–Trinajstić information content (AvgIpc) is 2.53. The smallest absolute Gasteiger partial charge is 0.225 e. The summed E-state index contributed by atoms with van der Waals surface area (Å²) in [7, 11) is 3.88. The molecule has 1 unspecified atom stereocenters. The first-order valence-electron chi connectivity index (χ1n) is 8.99. The maximum absolute atomic E-state index is 12.1. The fourth-order valence-corrected chi connectivity index (χ4v) is 3.39. The van der Waals surface area contributed by atoms with Gasteiger partial charge in [-0.3, -0.25) is 4.79 Å². The van der Waals surface area contributed by atoms with Gasteiger partial charge >= 0.3 is 0 Å². The highest BCUT2D eigenvalue weighted by Gasteiger charge is 2.34. The molecule has 1 aliphatic heterocycles. The second-order valence-corrected chi connectivity index (χ2v) is 8.14. The lowest BCUT2D eigenvalue weighted by molar-refractivity contribution is -0.121. The van der Waals surface area contributed by atoms with Gasteiger partial charge in [-0.1, -0.05) is 26.8 Å². The van der Waals surface area contributed by atoms with Crippen LogP contribution < -0.4 is 16.0 Å². The molecule has 0 aliphatic carbocycles. The lowest BCUT2D eigenvalue weighted by Gasteiger charge is -2.31. The van der Waals surface area contributed by atoms with Crippen molar-refractivity contribution in [3.05, 3.63) is 17.7 Å². The normalized spacial score (nSPS) is 17.2. The number of carbonyl (C=O) groups is 1. The van der Waals surface area contributed by atoms with Gasteiger partial charge in [-0.15, -0.1) is 0 Å². The van der Waals surface area contributed by atoms with Crippen molar-refractivity contribution >= 4 is 17.5 Å². The van der Waals surface area contributed by atoms with Crippen LogP contribution in [0.4, 0.5) is 11.6 Å². The topological polar surface area (TPSA) is 80.5 Å². The van der Waals surface area contributed by atoms with Gasteiger partial charge in [0.05, 0.1) is 5.92 Å². The van der Waals surface area contributed by atoms with E-state index >= 15 is 0 Å². The minimum Gasteiger partial charge on any atom is -0.381 e. The number of anilines is 2. The molecule has 25 heavy (non-hydrogen) atoms. The molecule has 140 valence electrons. The van der Waals surface area contributed by atoms with Crippen molar-refractivity contribution in [3.8, 4) is 0 Å². The van der Waals surface area contributed by atoms with Gasteiger partial charge in [0, 0.05) is 39.4 Å². The predicted octanol–water partition coefficient (Wildman–Crippen LogP) is 2.60. The minimum atomic E-state index is -0.387. The van der Waals surface area contributed by atoms with Crippen LogP contribution in [0.25, 0.3) is 0 Å². The highest BCUT2D eigenvalue weighted by Crippen LogP contribution is 2.39. The van der Waals surface area contributed by atoms with Gasteiger partial charge in [-0.2, -0.15) is 0 Å². The lowest BCUT2D eigenvalue weighted by Crippen LogP contribution is -2.33. The molecule has 1 aromatic heterocycles. The van der Waals surface area contributed by atoms with Crippen LogP contribution in [0.3, 0.4) is 0 Å². The Morgan fingerprint density at radius 1 is 1.36 bits per heavy atom. The molecule has 6 heteroatoms. The number of nitrogens with zero attached hydrogens (tertiary/aromatic N) is 2. The van der Waals surface area contributed by atoms with Crippen LogP contribution in [0.15, 0.2) is 12.1 Å². The molecule has 3 N–H and O–H groups in total. The van der Waals surface area contributed by atoms with E-state index in [1.165, 1.54) is 0 Å². The zero-order valence-electron chi connectivity index (χ0n) is 16.1. The number of nitrogens with one attached hydrogen (secondary N) is 1. The zero-order valence-corrected chi connectivity index (χ0v) is 16.1. The van der Waals surface area contributed by atoms with E-state index < -0.39 is 0 Å². The molecule has 6 nitrogen and oxygen atoms in total. The molecule has 1 atom stereocenters. The van der Waals surface area contributed by atoms with Crippen LogP contribution in [0, 0.1) is 11.3 Å². The Labute approximate surface area is 151 Å². The molecule has 0 saturated carbocycles. The molecule has 0 aromatic carbocycles. The van der Waals surface area contributed by atoms with Crippen LogP contribution in [0.2, 0.25) is 0 Å².